The van der Waals surface area contributed by atoms with E-state index in [-0.39, 0.29) is 0 Å². The van der Waals surface area contributed by atoms with Gasteiger partial charge in [-0.25, -0.2) is 0 Å². The molecule has 0 aliphatic heterocycles. The van der Waals surface area contributed by atoms with Gasteiger partial charge in [-0.3, -0.25) is 4.98 Å². The van der Waals surface area contributed by atoms with Crippen molar-refractivity contribution >= 4 is 5.69 Å². The predicted molar refractivity (Wildman–Crippen MR) is 72.4 cm³/mol. The van der Waals surface area contributed by atoms with Crippen LogP contribution in [0.25, 0.3) is 0 Å². The highest BCUT2D eigenvalue weighted by Gasteiger charge is 2.11. The zero-order valence-corrected chi connectivity index (χ0v) is 11.1. The van der Waals surface area contributed by atoms with E-state index in [1.54, 1.807) is 12.5 Å². The lowest BCUT2D eigenvalue weighted by Crippen LogP contribution is -2.20. The van der Waals surface area contributed by atoms with Gasteiger partial charge >= 0.3 is 0 Å². The van der Waals surface area contributed by atoms with E-state index < -0.39 is 0 Å². The van der Waals surface area contributed by atoms with Crippen LogP contribution < -0.4 is 10.6 Å². The highest BCUT2D eigenvalue weighted by Crippen LogP contribution is 2.24. The summed E-state index contributed by atoms with van der Waals surface area (Å²) in [6.45, 7) is 5.31. The summed E-state index contributed by atoms with van der Waals surface area (Å²) in [5, 5.41) is 0. The molecule has 0 fully saturated rings. The van der Waals surface area contributed by atoms with Crippen LogP contribution in [0.2, 0.25) is 0 Å². The first-order valence-corrected chi connectivity index (χ1v) is 6.01. The zero-order valence-electron chi connectivity index (χ0n) is 11.1. The average molecular weight is 245 g/mol. The van der Waals surface area contributed by atoms with E-state index in [9.17, 15) is 0 Å². The summed E-state index contributed by atoms with van der Waals surface area (Å²) in [6.07, 6.45) is 3.45. The third-order valence-corrected chi connectivity index (χ3v) is 3.05. The van der Waals surface area contributed by atoms with Gasteiger partial charge in [0, 0.05) is 48.3 Å². The molecule has 0 spiro atoms. The van der Waals surface area contributed by atoms with E-state index >= 15 is 0 Å². The number of anilines is 1. The molecule has 4 heteroatoms. The molecule has 0 saturated carbocycles. The molecule has 0 atom stereocenters. The van der Waals surface area contributed by atoms with Crippen LogP contribution in [-0.2, 0) is 13.1 Å². The van der Waals surface area contributed by atoms with Gasteiger partial charge in [0.25, 0.3) is 0 Å². The second-order valence-corrected chi connectivity index (χ2v) is 4.54. The predicted octanol–water partition coefficient (Wildman–Crippen LogP) is 2.39. The quantitative estimate of drug-likeness (QED) is 0.898. The highest BCUT2D eigenvalue weighted by atomic mass is 16.3. The summed E-state index contributed by atoms with van der Waals surface area (Å²) in [4.78, 5) is 6.63. The minimum atomic E-state index is 0.504. The van der Waals surface area contributed by atoms with E-state index in [0.29, 0.717) is 6.54 Å². The second-order valence-electron chi connectivity index (χ2n) is 4.54. The van der Waals surface area contributed by atoms with E-state index in [1.165, 1.54) is 0 Å². The maximum atomic E-state index is 5.83. The Morgan fingerprint density at radius 1 is 1.39 bits per heavy atom. The number of hydrogen-bond acceptors (Lipinski definition) is 4. The molecule has 2 rings (SSSR count). The third-order valence-electron chi connectivity index (χ3n) is 3.05. The summed E-state index contributed by atoms with van der Waals surface area (Å²) < 4.78 is 5.09. The molecule has 0 aliphatic carbocycles. The minimum Gasteiger partial charge on any atom is -0.472 e. The van der Waals surface area contributed by atoms with Gasteiger partial charge in [0.05, 0.1) is 12.5 Å². The first kappa shape index (κ1) is 12.6. The Kier molecular flexibility index (Phi) is 3.67. The number of furan rings is 1. The number of hydrogen-bond donors (Lipinski definition) is 1. The average Bonchev–Trinajstić information content (AvgIpc) is 2.80. The molecule has 2 N–H and O–H groups in total. The lowest BCUT2D eigenvalue weighted by molar-refractivity contribution is 0.563. The Morgan fingerprint density at radius 3 is 2.78 bits per heavy atom. The van der Waals surface area contributed by atoms with Crippen LogP contribution in [0.15, 0.2) is 29.1 Å². The first-order chi connectivity index (χ1) is 8.61. The molecule has 0 radical (unpaired) electrons. The van der Waals surface area contributed by atoms with Crippen molar-refractivity contribution in [3.05, 3.63) is 47.2 Å². The zero-order chi connectivity index (χ0) is 13.1. The lowest BCUT2D eigenvalue weighted by Gasteiger charge is -2.23. The van der Waals surface area contributed by atoms with Crippen molar-refractivity contribution in [2.45, 2.75) is 26.9 Å². The van der Waals surface area contributed by atoms with Crippen LogP contribution in [-0.4, -0.2) is 12.0 Å². The maximum absolute atomic E-state index is 5.83. The molecule has 0 bridgehead atoms. The van der Waals surface area contributed by atoms with Gasteiger partial charge in [-0.1, -0.05) is 0 Å². The third kappa shape index (κ3) is 2.54. The molecular weight excluding hydrogens is 226 g/mol. The number of rotatable bonds is 4. The fourth-order valence-corrected chi connectivity index (χ4v) is 2.17. The van der Waals surface area contributed by atoms with Crippen LogP contribution in [0.5, 0.6) is 0 Å². The van der Waals surface area contributed by atoms with Gasteiger partial charge in [-0.05, 0) is 26.0 Å². The first-order valence-electron chi connectivity index (χ1n) is 6.01. The lowest BCUT2D eigenvalue weighted by atomic mass is 10.1. The molecule has 18 heavy (non-hydrogen) atoms. The highest BCUT2D eigenvalue weighted by molar-refractivity contribution is 5.55. The van der Waals surface area contributed by atoms with Crippen molar-refractivity contribution < 1.29 is 4.42 Å². The minimum absolute atomic E-state index is 0.504. The number of pyridine rings is 1. The standard InChI is InChI=1S/C14H19N3O/c1-10-6-14(13(7-15)11(2)16-10)17(3)8-12-4-5-18-9-12/h4-6,9H,7-8,15H2,1-3H3. The summed E-state index contributed by atoms with van der Waals surface area (Å²) in [5.74, 6) is 0. The Bertz CT molecular complexity index is 520. The van der Waals surface area contributed by atoms with E-state index in [1.807, 2.05) is 19.9 Å². The Morgan fingerprint density at radius 2 is 2.17 bits per heavy atom. The normalized spacial score (nSPS) is 10.7. The largest absolute Gasteiger partial charge is 0.472 e. The van der Waals surface area contributed by atoms with E-state index in [2.05, 4.69) is 23.0 Å². The molecule has 0 aliphatic rings. The Hall–Kier alpha value is -1.81. The van der Waals surface area contributed by atoms with Crippen LogP contribution in [0, 0.1) is 13.8 Å². The van der Waals surface area contributed by atoms with E-state index in [4.69, 9.17) is 10.2 Å². The molecule has 96 valence electrons. The summed E-state index contributed by atoms with van der Waals surface area (Å²) in [6, 6.07) is 4.05. The van der Waals surface area contributed by atoms with Crippen molar-refractivity contribution in [3.8, 4) is 0 Å². The molecule has 0 saturated heterocycles. The molecule has 2 aromatic rings. The maximum Gasteiger partial charge on any atom is 0.0952 e. The molecular formula is C14H19N3O. The van der Waals surface area contributed by atoms with Gasteiger partial charge in [-0.15, -0.1) is 0 Å². The molecule has 4 nitrogen and oxygen atoms in total. The van der Waals surface area contributed by atoms with Crippen LogP contribution in [0.4, 0.5) is 5.69 Å². The van der Waals surface area contributed by atoms with Crippen LogP contribution in [0.1, 0.15) is 22.5 Å². The van der Waals surface area contributed by atoms with Crippen LogP contribution in [0.3, 0.4) is 0 Å². The summed E-state index contributed by atoms with van der Waals surface area (Å²) in [7, 11) is 2.06. The van der Waals surface area contributed by atoms with Crippen molar-refractivity contribution in [2.24, 2.45) is 5.73 Å². The summed E-state index contributed by atoms with van der Waals surface area (Å²) >= 11 is 0. The SMILES string of the molecule is Cc1cc(N(C)Cc2ccoc2)c(CN)c(C)n1. The monoisotopic (exact) mass is 245 g/mol. The van der Waals surface area contributed by atoms with Crippen molar-refractivity contribution in [1.29, 1.82) is 0 Å². The number of aromatic nitrogens is 1. The topological polar surface area (TPSA) is 55.3 Å². The summed E-state index contributed by atoms with van der Waals surface area (Å²) in [5.41, 5.74) is 11.2. The van der Waals surface area contributed by atoms with Crippen molar-refractivity contribution in [1.82, 2.24) is 4.98 Å². The molecule has 0 amide bonds. The number of nitrogens with two attached hydrogens (primary N) is 1. The molecule has 2 heterocycles. The van der Waals surface area contributed by atoms with Gasteiger partial charge in [-0.2, -0.15) is 0 Å². The smallest absolute Gasteiger partial charge is 0.0952 e. The van der Waals surface area contributed by atoms with Gasteiger partial charge < -0.3 is 15.1 Å². The van der Waals surface area contributed by atoms with E-state index in [0.717, 1.165) is 34.7 Å². The Labute approximate surface area is 107 Å². The molecule has 0 unspecified atom stereocenters. The fourth-order valence-electron chi connectivity index (χ4n) is 2.17. The number of aryl methyl sites for hydroxylation is 2. The van der Waals surface area contributed by atoms with Crippen molar-refractivity contribution in [2.75, 3.05) is 11.9 Å². The molecule has 2 aromatic heterocycles. The molecule has 0 aromatic carbocycles. The second kappa shape index (κ2) is 5.23. The van der Waals surface area contributed by atoms with Gasteiger partial charge in [0.1, 0.15) is 0 Å². The fraction of sp³-hybridized carbons (Fsp3) is 0.357. The van der Waals surface area contributed by atoms with Gasteiger partial charge in [0.15, 0.2) is 0 Å². The van der Waals surface area contributed by atoms with Gasteiger partial charge in [0.2, 0.25) is 0 Å². The Balaban J connectivity index is 2.31. The van der Waals surface area contributed by atoms with Crippen LogP contribution >= 0.6 is 0 Å². The number of nitrogens with zero attached hydrogens (tertiary/aromatic N) is 2. The van der Waals surface area contributed by atoms with Crippen molar-refractivity contribution in [3.63, 3.8) is 0 Å².